The van der Waals surface area contributed by atoms with Crippen LogP contribution in [0.15, 0.2) is 24.3 Å². The summed E-state index contributed by atoms with van der Waals surface area (Å²) in [7, 11) is -1.31. The number of aryl methyl sites for hydroxylation is 1. The number of nitrogens with one attached hydrogen (secondary N) is 1. The Morgan fingerprint density at radius 3 is 2.52 bits per heavy atom. The van der Waals surface area contributed by atoms with Gasteiger partial charge >= 0.3 is 0 Å². The lowest BCUT2D eigenvalue weighted by Gasteiger charge is -2.26. The average molecular weight is 446 g/mol. The van der Waals surface area contributed by atoms with Crippen LogP contribution in [0.2, 0.25) is 25.7 Å². The maximum atomic E-state index is 11.8. The molecule has 0 aliphatic carbocycles. The maximum absolute atomic E-state index is 11.8. The van der Waals surface area contributed by atoms with E-state index in [1.807, 2.05) is 13.8 Å². The Kier molecular flexibility index (Phi) is 12.8. The van der Waals surface area contributed by atoms with Gasteiger partial charge in [-0.15, -0.1) is 0 Å². The highest BCUT2D eigenvalue weighted by Crippen LogP contribution is 2.29. The third-order valence-corrected chi connectivity index (χ3v) is 6.27. The molecule has 0 aliphatic rings. The summed E-state index contributed by atoms with van der Waals surface area (Å²) in [5.74, 6) is 6.82. The van der Waals surface area contributed by atoms with Crippen molar-refractivity contribution in [3.8, 4) is 11.8 Å². The highest BCUT2D eigenvalue weighted by atomic mass is 28.3. The minimum Gasteiger partial charge on any atom is -0.371 e. The van der Waals surface area contributed by atoms with Gasteiger partial charge in [-0.25, -0.2) is 0 Å². The van der Waals surface area contributed by atoms with E-state index in [1.54, 1.807) is 0 Å². The monoisotopic (exact) mass is 445 g/mol. The molecular formula is C26H43NO3Si. The second kappa shape index (κ2) is 14.4. The van der Waals surface area contributed by atoms with Gasteiger partial charge < -0.3 is 14.8 Å². The zero-order valence-electron chi connectivity index (χ0n) is 20.7. The van der Waals surface area contributed by atoms with E-state index < -0.39 is 8.07 Å². The first-order valence-electron chi connectivity index (χ1n) is 11.6. The van der Waals surface area contributed by atoms with E-state index in [9.17, 15) is 4.79 Å². The van der Waals surface area contributed by atoms with Gasteiger partial charge in [-0.2, -0.15) is 0 Å². The van der Waals surface area contributed by atoms with Crippen LogP contribution >= 0.6 is 0 Å². The number of amides is 1. The summed E-state index contributed by atoms with van der Waals surface area (Å²) in [4.78, 5) is 11.8. The van der Waals surface area contributed by atoms with Crippen LogP contribution in [0.4, 0.5) is 0 Å². The van der Waals surface area contributed by atoms with Crippen molar-refractivity contribution in [3.63, 3.8) is 0 Å². The van der Waals surface area contributed by atoms with E-state index in [0.717, 1.165) is 12.5 Å². The van der Waals surface area contributed by atoms with Gasteiger partial charge in [-0.1, -0.05) is 83.4 Å². The molecule has 1 rings (SSSR count). The molecule has 174 valence electrons. The van der Waals surface area contributed by atoms with E-state index in [2.05, 4.69) is 74.9 Å². The quantitative estimate of drug-likeness (QED) is 0.249. The number of rotatable bonds is 13. The van der Waals surface area contributed by atoms with Gasteiger partial charge in [-0.3, -0.25) is 4.79 Å². The molecule has 1 atom stereocenters. The van der Waals surface area contributed by atoms with E-state index >= 15 is 0 Å². The molecule has 5 heteroatoms. The number of carbonyl (C=O) groups is 1. The van der Waals surface area contributed by atoms with E-state index in [4.69, 9.17) is 9.47 Å². The molecule has 31 heavy (non-hydrogen) atoms. The number of hydrogen-bond acceptors (Lipinski definition) is 3. The predicted molar refractivity (Wildman–Crippen MR) is 133 cm³/mol. The molecule has 0 saturated heterocycles. The van der Waals surface area contributed by atoms with Crippen molar-refractivity contribution in [1.82, 2.24) is 5.32 Å². The van der Waals surface area contributed by atoms with Crippen molar-refractivity contribution in [2.45, 2.75) is 72.3 Å². The topological polar surface area (TPSA) is 47.6 Å². The fraction of sp³-hybridized carbons (Fsp3) is 0.654. The number of carbonyl (C=O) groups excluding carboxylic acids is 1. The molecule has 0 saturated carbocycles. The Morgan fingerprint density at radius 2 is 1.87 bits per heavy atom. The number of hydrogen-bond donors (Lipinski definition) is 1. The fourth-order valence-corrected chi connectivity index (χ4v) is 4.56. The lowest BCUT2D eigenvalue weighted by Crippen LogP contribution is -2.29. The summed E-state index contributed by atoms with van der Waals surface area (Å²) in [5, 5.41) is 2.75. The molecule has 0 bridgehead atoms. The normalized spacial score (nSPS) is 12.5. The molecule has 0 aliphatic heterocycles. The predicted octanol–water partition coefficient (Wildman–Crippen LogP) is 5.46. The van der Waals surface area contributed by atoms with Crippen LogP contribution in [-0.4, -0.2) is 40.3 Å². The Morgan fingerprint density at radius 1 is 1.13 bits per heavy atom. The summed E-state index contributed by atoms with van der Waals surface area (Å²) in [5.41, 5.74) is 2.63. The molecule has 0 heterocycles. The Labute approximate surface area is 191 Å². The molecule has 1 N–H and O–H groups in total. The second-order valence-electron chi connectivity index (χ2n) is 10.1. The summed E-state index contributed by atoms with van der Waals surface area (Å²) < 4.78 is 11.8. The van der Waals surface area contributed by atoms with Crippen LogP contribution < -0.4 is 5.32 Å². The third kappa shape index (κ3) is 14.1. The van der Waals surface area contributed by atoms with Crippen molar-refractivity contribution in [2.24, 2.45) is 11.8 Å². The van der Waals surface area contributed by atoms with Crippen molar-refractivity contribution >= 4 is 14.0 Å². The van der Waals surface area contributed by atoms with Gasteiger partial charge in [0.2, 0.25) is 5.91 Å². The minimum absolute atomic E-state index is 0.0378. The Hall–Kier alpha value is -1.61. The number of benzene rings is 1. The molecule has 1 unspecified atom stereocenters. The van der Waals surface area contributed by atoms with Crippen LogP contribution in [0.1, 0.15) is 51.3 Å². The van der Waals surface area contributed by atoms with Crippen LogP contribution in [0, 0.1) is 23.7 Å². The molecule has 1 aromatic rings. The Bertz CT molecular complexity index is 713. The van der Waals surface area contributed by atoms with E-state index in [1.165, 1.54) is 17.5 Å². The minimum atomic E-state index is -1.31. The average Bonchev–Trinajstić information content (AvgIpc) is 2.67. The zero-order valence-corrected chi connectivity index (χ0v) is 21.7. The maximum Gasteiger partial charge on any atom is 0.246 e. The van der Waals surface area contributed by atoms with E-state index in [-0.39, 0.29) is 18.6 Å². The van der Waals surface area contributed by atoms with Crippen molar-refractivity contribution in [3.05, 3.63) is 35.4 Å². The van der Waals surface area contributed by atoms with Gasteiger partial charge in [0.05, 0.1) is 25.9 Å². The fourth-order valence-electron chi connectivity index (χ4n) is 3.10. The van der Waals surface area contributed by atoms with Crippen LogP contribution in [0.5, 0.6) is 0 Å². The third-order valence-electron chi connectivity index (χ3n) is 4.68. The second-order valence-corrected chi connectivity index (χ2v) is 15.6. The first-order valence-corrected chi connectivity index (χ1v) is 15.3. The molecule has 0 aromatic heterocycles. The molecular weight excluding hydrogens is 402 g/mol. The van der Waals surface area contributed by atoms with Gasteiger partial charge in [0.15, 0.2) is 0 Å². The lowest BCUT2D eigenvalue weighted by molar-refractivity contribution is -0.126. The molecule has 4 nitrogen and oxygen atoms in total. The summed E-state index contributed by atoms with van der Waals surface area (Å²) in [6.45, 7) is 17.0. The first-order chi connectivity index (χ1) is 14.6. The summed E-state index contributed by atoms with van der Waals surface area (Å²) >= 11 is 0. The molecule has 0 spiro atoms. The summed E-state index contributed by atoms with van der Waals surface area (Å²) in [6.07, 6.45) is 2.38. The smallest absolute Gasteiger partial charge is 0.246 e. The Balaban J connectivity index is 2.52. The first kappa shape index (κ1) is 27.4. The molecule has 0 fully saturated rings. The van der Waals surface area contributed by atoms with Gasteiger partial charge in [0.25, 0.3) is 0 Å². The molecule has 0 radical (unpaired) electrons. The van der Waals surface area contributed by atoms with Crippen molar-refractivity contribution < 1.29 is 14.3 Å². The lowest BCUT2D eigenvalue weighted by atomic mass is 10.00. The van der Waals surface area contributed by atoms with Gasteiger partial charge in [-0.05, 0) is 35.9 Å². The van der Waals surface area contributed by atoms with Gasteiger partial charge in [0, 0.05) is 14.0 Å². The largest absolute Gasteiger partial charge is 0.371 e. The van der Waals surface area contributed by atoms with Gasteiger partial charge in [0.1, 0.15) is 6.61 Å². The molecule has 1 aromatic carbocycles. The van der Waals surface area contributed by atoms with Crippen molar-refractivity contribution in [1.29, 1.82) is 0 Å². The zero-order chi connectivity index (χ0) is 23.3. The molecule has 1 amide bonds. The highest BCUT2D eigenvalue weighted by molar-refractivity contribution is 6.76. The van der Waals surface area contributed by atoms with Crippen molar-refractivity contribution in [2.75, 3.05) is 26.4 Å². The number of ether oxygens (including phenoxy) is 2. The van der Waals surface area contributed by atoms with Crippen LogP contribution in [-0.2, 0) is 20.7 Å². The van der Waals surface area contributed by atoms with E-state index in [0.29, 0.717) is 31.6 Å². The highest BCUT2D eigenvalue weighted by Gasteiger charge is 2.22. The summed E-state index contributed by atoms with van der Waals surface area (Å²) in [6, 6.07) is 9.91. The van der Waals surface area contributed by atoms with Crippen LogP contribution in [0.25, 0.3) is 0 Å². The SMILES string of the molecule is CC(C)C#CCNC(=O)COCCOC(C[Si](C)(C)C)c1cccc(CCC(C)C)c1. The standard InChI is InChI=1S/C26H43NO3Si/c1-21(2)10-9-15-27-26(28)19-29-16-17-30-25(20-31(5,6)7)24-12-8-11-23(18-24)14-13-22(3)4/h8,11-12,18,21-22,25H,13-17,19-20H2,1-7H3,(H,27,28). The van der Waals surface area contributed by atoms with Crippen LogP contribution in [0.3, 0.4) is 0 Å².